The lowest BCUT2D eigenvalue weighted by Gasteiger charge is -2.41. The van der Waals surface area contributed by atoms with E-state index in [1.807, 2.05) is 0 Å². The third-order valence-corrected chi connectivity index (χ3v) is 4.83. The fraction of sp³-hybridized carbons (Fsp3) is 0.917. The van der Waals surface area contributed by atoms with Crippen LogP contribution in [0.25, 0.3) is 0 Å². The van der Waals surface area contributed by atoms with Crippen LogP contribution in [-0.2, 0) is 4.79 Å². The van der Waals surface area contributed by atoms with Crippen LogP contribution in [0.2, 0.25) is 0 Å². The van der Waals surface area contributed by atoms with Crippen LogP contribution >= 0.6 is 0 Å². The highest BCUT2D eigenvalue weighted by Gasteiger charge is 2.63. The second-order valence-corrected chi connectivity index (χ2v) is 5.85. The first-order valence-corrected chi connectivity index (χ1v) is 6.11. The van der Waals surface area contributed by atoms with Gasteiger partial charge in [0.05, 0.1) is 0 Å². The number of rotatable bonds is 1. The van der Waals surface area contributed by atoms with Crippen molar-refractivity contribution in [3.8, 4) is 0 Å². The van der Waals surface area contributed by atoms with Gasteiger partial charge in [-0.15, -0.1) is 0 Å². The van der Waals surface area contributed by atoms with Gasteiger partial charge in [-0.1, -0.05) is 13.3 Å². The SMILES string of the molecule is C[C@@H]1CN(C(=O)C2CC2(F)F)CC12CCC2. The first kappa shape index (κ1) is 10.5. The Balaban J connectivity index is 1.67. The van der Waals surface area contributed by atoms with E-state index in [1.165, 1.54) is 19.3 Å². The van der Waals surface area contributed by atoms with Gasteiger partial charge in [0, 0.05) is 19.5 Å². The molecular weight excluding hydrogens is 212 g/mol. The van der Waals surface area contributed by atoms with E-state index in [2.05, 4.69) is 6.92 Å². The molecule has 1 heterocycles. The van der Waals surface area contributed by atoms with Gasteiger partial charge in [-0.25, -0.2) is 8.78 Å². The lowest BCUT2D eigenvalue weighted by atomic mass is 9.63. The van der Waals surface area contributed by atoms with E-state index in [1.54, 1.807) is 4.90 Å². The van der Waals surface area contributed by atoms with Crippen LogP contribution in [0.15, 0.2) is 0 Å². The molecule has 3 fully saturated rings. The summed E-state index contributed by atoms with van der Waals surface area (Å²) in [6, 6.07) is 0. The molecule has 16 heavy (non-hydrogen) atoms. The van der Waals surface area contributed by atoms with Gasteiger partial charge in [0.15, 0.2) is 0 Å². The summed E-state index contributed by atoms with van der Waals surface area (Å²) in [5.41, 5.74) is 0.278. The number of carbonyl (C=O) groups excluding carboxylic acids is 1. The molecule has 1 spiro atoms. The minimum atomic E-state index is -2.71. The quantitative estimate of drug-likeness (QED) is 0.675. The number of nitrogens with zero attached hydrogens (tertiary/aromatic N) is 1. The maximum Gasteiger partial charge on any atom is 0.260 e. The molecule has 0 aromatic rings. The van der Waals surface area contributed by atoms with Gasteiger partial charge < -0.3 is 4.90 Å². The highest BCUT2D eigenvalue weighted by atomic mass is 19.3. The molecule has 1 amide bonds. The van der Waals surface area contributed by atoms with Gasteiger partial charge >= 0.3 is 0 Å². The van der Waals surface area contributed by atoms with Crippen molar-refractivity contribution in [1.29, 1.82) is 0 Å². The second kappa shape index (κ2) is 2.96. The molecule has 0 N–H and O–H groups in total. The van der Waals surface area contributed by atoms with Gasteiger partial charge in [0.25, 0.3) is 5.92 Å². The first-order valence-electron chi connectivity index (χ1n) is 6.11. The molecule has 1 aliphatic heterocycles. The molecule has 4 heteroatoms. The first-order chi connectivity index (χ1) is 7.45. The molecule has 2 aliphatic carbocycles. The zero-order valence-corrected chi connectivity index (χ0v) is 9.51. The predicted molar refractivity (Wildman–Crippen MR) is 55.1 cm³/mol. The molecule has 3 rings (SSSR count). The molecule has 2 saturated carbocycles. The van der Waals surface area contributed by atoms with Gasteiger partial charge in [-0.3, -0.25) is 4.79 Å². The van der Waals surface area contributed by atoms with Crippen LogP contribution in [0.3, 0.4) is 0 Å². The van der Waals surface area contributed by atoms with Gasteiger partial charge in [-0.05, 0) is 24.2 Å². The highest BCUT2D eigenvalue weighted by Crippen LogP contribution is 2.54. The van der Waals surface area contributed by atoms with Crippen molar-refractivity contribution in [2.24, 2.45) is 17.3 Å². The fourth-order valence-electron chi connectivity index (χ4n) is 3.28. The zero-order chi connectivity index (χ0) is 11.6. The van der Waals surface area contributed by atoms with Crippen LogP contribution in [0.4, 0.5) is 8.78 Å². The lowest BCUT2D eigenvalue weighted by Crippen LogP contribution is -2.38. The van der Waals surface area contributed by atoms with Crippen LogP contribution in [0.5, 0.6) is 0 Å². The maximum absolute atomic E-state index is 12.8. The molecule has 2 atom stereocenters. The molecule has 0 radical (unpaired) electrons. The van der Waals surface area contributed by atoms with E-state index in [9.17, 15) is 13.6 Å². The molecule has 3 aliphatic rings. The summed E-state index contributed by atoms with van der Waals surface area (Å²) in [5, 5.41) is 0. The van der Waals surface area contributed by atoms with Crippen molar-refractivity contribution in [2.75, 3.05) is 13.1 Å². The summed E-state index contributed by atoms with van der Waals surface area (Å²) in [5.74, 6) is -3.54. The van der Waals surface area contributed by atoms with E-state index in [-0.39, 0.29) is 17.7 Å². The number of hydrogen-bond donors (Lipinski definition) is 0. The monoisotopic (exact) mass is 229 g/mol. The van der Waals surface area contributed by atoms with Gasteiger partial charge in [0.2, 0.25) is 5.91 Å². The Morgan fingerprint density at radius 3 is 2.38 bits per heavy atom. The number of alkyl halides is 2. The van der Waals surface area contributed by atoms with Crippen molar-refractivity contribution in [3.63, 3.8) is 0 Å². The van der Waals surface area contributed by atoms with Gasteiger partial charge in [-0.2, -0.15) is 0 Å². The third kappa shape index (κ3) is 1.31. The van der Waals surface area contributed by atoms with E-state index in [0.29, 0.717) is 12.5 Å². The van der Waals surface area contributed by atoms with E-state index in [4.69, 9.17) is 0 Å². The number of halogens is 2. The number of carbonyl (C=O) groups is 1. The van der Waals surface area contributed by atoms with Crippen molar-refractivity contribution in [2.45, 2.75) is 38.5 Å². The summed E-state index contributed by atoms with van der Waals surface area (Å²) in [6.07, 6.45) is 3.33. The topological polar surface area (TPSA) is 20.3 Å². The van der Waals surface area contributed by atoms with Crippen LogP contribution < -0.4 is 0 Å². The summed E-state index contributed by atoms with van der Waals surface area (Å²) in [7, 11) is 0. The predicted octanol–water partition coefficient (Wildman–Crippen LogP) is 2.29. The molecule has 1 unspecified atom stereocenters. The third-order valence-electron chi connectivity index (χ3n) is 4.83. The molecule has 0 bridgehead atoms. The lowest BCUT2D eigenvalue weighted by molar-refractivity contribution is -0.134. The summed E-state index contributed by atoms with van der Waals surface area (Å²) < 4.78 is 25.7. The summed E-state index contributed by atoms with van der Waals surface area (Å²) in [6.45, 7) is 3.56. The normalized spacial score (nSPS) is 38.6. The highest BCUT2D eigenvalue weighted by molar-refractivity contribution is 5.83. The largest absolute Gasteiger partial charge is 0.341 e. The Labute approximate surface area is 94.0 Å². The van der Waals surface area contributed by atoms with Crippen molar-refractivity contribution in [1.82, 2.24) is 4.90 Å². The Morgan fingerprint density at radius 2 is 2.00 bits per heavy atom. The molecule has 0 aromatic carbocycles. The van der Waals surface area contributed by atoms with E-state index >= 15 is 0 Å². The maximum atomic E-state index is 12.8. The molecule has 1 saturated heterocycles. The minimum Gasteiger partial charge on any atom is -0.341 e. The second-order valence-electron chi connectivity index (χ2n) is 5.85. The molecule has 2 nitrogen and oxygen atoms in total. The Kier molecular flexibility index (Phi) is 1.94. The summed E-state index contributed by atoms with van der Waals surface area (Å²) >= 11 is 0. The average Bonchev–Trinajstić information content (AvgIpc) is 2.63. The van der Waals surface area contributed by atoms with Crippen LogP contribution in [0.1, 0.15) is 32.6 Å². The number of likely N-dealkylation sites (tertiary alicyclic amines) is 1. The fourth-order valence-corrected chi connectivity index (χ4v) is 3.28. The Bertz CT molecular complexity index is 338. The standard InChI is InChI=1S/C12H17F2NO/c1-8-6-15(7-11(8)3-2-4-11)10(16)9-5-12(9,13)14/h8-9H,2-7H2,1H3/t8-,9?/m1/s1. The molecular formula is C12H17F2NO. The van der Waals surface area contributed by atoms with Crippen molar-refractivity contribution in [3.05, 3.63) is 0 Å². The van der Waals surface area contributed by atoms with E-state index in [0.717, 1.165) is 6.54 Å². The number of hydrogen-bond acceptors (Lipinski definition) is 1. The van der Waals surface area contributed by atoms with E-state index < -0.39 is 11.8 Å². The smallest absolute Gasteiger partial charge is 0.260 e. The van der Waals surface area contributed by atoms with Crippen LogP contribution in [-0.4, -0.2) is 29.8 Å². The van der Waals surface area contributed by atoms with Crippen molar-refractivity contribution < 1.29 is 13.6 Å². The Morgan fingerprint density at radius 1 is 1.38 bits per heavy atom. The molecule has 0 aromatic heterocycles. The molecule has 90 valence electrons. The minimum absolute atomic E-state index is 0.232. The number of amides is 1. The summed E-state index contributed by atoms with van der Waals surface area (Å²) in [4.78, 5) is 13.5. The van der Waals surface area contributed by atoms with Crippen LogP contribution in [0, 0.1) is 17.3 Å². The van der Waals surface area contributed by atoms with Crippen molar-refractivity contribution >= 4 is 5.91 Å². The van der Waals surface area contributed by atoms with Gasteiger partial charge in [0.1, 0.15) is 5.92 Å². The average molecular weight is 229 g/mol. The zero-order valence-electron chi connectivity index (χ0n) is 9.51. The Hall–Kier alpha value is -0.670.